The predicted octanol–water partition coefficient (Wildman–Crippen LogP) is 8.12. The minimum absolute atomic E-state index is 0. The second kappa shape index (κ2) is 19.8. The summed E-state index contributed by atoms with van der Waals surface area (Å²) < 4.78 is 38.8. The Morgan fingerprint density at radius 3 is 1.66 bits per heavy atom. The average Bonchev–Trinajstić information content (AvgIpc) is 3.89. The van der Waals surface area contributed by atoms with E-state index in [0.29, 0.717) is 5.56 Å². The van der Waals surface area contributed by atoms with Crippen molar-refractivity contribution < 1.29 is 62.2 Å². The minimum Gasteiger partial charge on any atom is -1.00 e. The van der Waals surface area contributed by atoms with E-state index in [1.54, 1.807) is 6.07 Å². The molecular weight excluding hydrogens is 844 g/mol. The van der Waals surface area contributed by atoms with Gasteiger partial charge in [-0.05, 0) is 39.5 Å². The van der Waals surface area contributed by atoms with Crippen LogP contribution in [0.4, 0.5) is 13.2 Å². The molecule has 2 aliphatic carbocycles. The fraction of sp³-hybridized carbons (Fsp3) is 0.212. The van der Waals surface area contributed by atoms with Crippen molar-refractivity contribution in [1.82, 2.24) is 0 Å². The zero-order valence-electron chi connectivity index (χ0n) is 33.7. The molecule has 0 radical (unpaired) electrons. The molecule has 0 bridgehead atoms. The van der Waals surface area contributed by atoms with Gasteiger partial charge in [0.1, 0.15) is 0 Å². The summed E-state index contributed by atoms with van der Waals surface area (Å²) in [7, 11) is 0. The Balaban J connectivity index is 0.000000250. The van der Waals surface area contributed by atoms with Crippen molar-refractivity contribution in [3.63, 3.8) is 0 Å². The number of halogens is 5. The van der Waals surface area contributed by atoms with Gasteiger partial charge in [0.05, 0.1) is 0 Å². The van der Waals surface area contributed by atoms with E-state index in [4.69, 9.17) is 0 Å². The molecule has 0 amide bonds. The van der Waals surface area contributed by atoms with Crippen LogP contribution in [0.3, 0.4) is 0 Å². The summed E-state index contributed by atoms with van der Waals surface area (Å²) in [6.07, 6.45) is 6.65. The van der Waals surface area contributed by atoms with Crippen LogP contribution in [0, 0.1) is 12.1 Å². The maximum Gasteiger partial charge on any atom is -0.109 e. The van der Waals surface area contributed by atoms with Gasteiger partial charge in [0, 0.05) is 0 Å². The molecule has 6 heteroatoms. The number of hydrogen-bond acceptors (Lipinski definition) is 0. The van der Waals surface area contributed by atoms with Crippen molar-refractivity contribution in [2.75, 3.05) is 0 Å². The summed E-state index contributed by atoms with van der Waals surface area (Å²) in [5.41, 5.74) is 14.5. The van der Waals surface area contributed by atoms with Gasteiger partial charge in [0.15, 0.2) is 0 Å². The van der Waals surface area contributed by atoms with Crippen LogP contribution in [-0.2, 0) is 47.7 Å². The summed E-state index contributed by atoms with van der Waals surface area (Å²) in [6.45, 7) is 13.9. The molecule has 0 unspecified atom stereocenters. The Bertz CT molecular complexity index is 2250. The maximum absolute atomic E-state index is 12.6. The first-order chi connectivity index (χ1) is 26.6. The molecule has 0 saturated carbocycles. The molecule has 0 aromatic heterocycles. The van der Waals surface area contributed by atoms with Gasteiger partial charge in [-0.15, -0.1) is 35.2 Å². The van der Waals surface area contributed by atoms with Gasteiger partial charge in [-0.2, -0.15) is 6.08 Å². The van der Waals surface area contributed by atoms with E-state index in [9.17, 15) is 13.2 Å². The molecule has 8 rings (SSSR count). The molecular formula is C52H47Cl2F3Zr-2. The number of allylic oxidation sites excluding steroid dienone is 4. The first-order valence-corrected chi connectivity index (χ1v) is 20.3. The van der Waals surface area contributed by atoms with Gasteiger partial charge in [0.25, 0.3) is 0 Å². The van der Waals surface area contributed by atoms with E-state index in [1.807, 2.05) is 42.5 Å². The van der Waals surface area contributed by atoms with Crippen LogP contribution in [0.25, 0.3) is 33.4 Å². The molecule has 6 aromatic rings. The van der Waals surface area contributed by atoms with Crippen LogP contribution >= 0.6 is 0 Å². The Morgan fingerprint density at radius 2 is 1.14 bits per heavy atom. The average molecular weight is 891 g/mol. The first-order valence-electron chi connectivity index (χ1n) is 19.0. The fourth-order valence-corrected chi connectivity index (χ4v) is 7.86. The Labute approximate surface area is 370 Å². The summed E-state index contributed by atoms with van der Waals surface area (Å²) >= 11 is 1.09. The quantitative estimate of drug-likeness (QED) is 0.157. The largest absolute Gasteiger partial charge is 1.00 e. The van der Waals surface area contributed by atoms with Crippen molar-refractivity contribution >= 4 is 3.21 Å². The number of hydrogen-bond donors (Lipinski definition) is 0. The zero-order valence-corrected chi connectivity index (χ0v) is 37.7. The first kappa shape index (κ1) is 46.6. The molecule has 0 fully saturated rings. The van der Waals surface area contributed by atoms with Gasteiger partial charge >= 0.3 is 118 Å². The molecule has 0 N–H and O–H groups in total. The Kier molecular flexibility index (Phi) is 15.9. The Morgan fingerprint density at radius 1 is 0.586 bits per heavy atom. The fourth-order valence-electron chi connectivity index (χ4n) is 7.06. The molecule has 2 aliphatic rings. The molecule has 296 valence electrons. The van der Waals surface area contributed by atoms with E-state index in [2.05, 4.69) is 139 Å². The zero-order chi connectivity index (χ0) is 40.1. The van der Waals surface area contributed by atoms with Crippen LogP contribution in [0.15, 0.2) is 152 Å². The smallest absolute Gasteiger partial charge is 0.109 e. The van der Waals surface area contributed by atoms with E-state index in [0.717, 1.165) is 51.9 Å². The monoisotopic (exact) mass is 888 g/mol. The predicted molar refractivity (Wildman–Crippen MR) is 224 cm³/mol. The Hall–Kier alpha value is -4.08. The van der Waals surface area contributed by atoms with Crippen molar-refractivity contribution in [2.24, 2.45) is 0 Å². The van der Waals surface area contributed by atoms with Gasteiger partial charge in [-0.25, -0.2) is 12.2 Å². The summed E-state index contributed by atoms with van der Waals surface area (Å²) in [5.74, 6) is 0. The molecule has 58 heavy (non-hydrogen) atoms. The molecule has 0 spiro atoms. The summed E-state index contributed by atoms with van der Waals surface area (Å²) in [5, 5.41) is 0. The van der Waals surface area contributed by atoms with Crippen LogP contribution in [0.2, 0.25) is 0 Å². The van der Waals surface area contributed by atoms with Gasteiger partial charge < -0.3 is 24.8 Å². The third-order valence-corrected chi connectivity index (χ3v) is 11.4. The molecule has 0 saturated heterocycles. The number of alkyl halides is 3. The van der Waals surface area contributed by atoms with E-state index in [1.165, 1.54) is 67.8 Å². The normalized spacial score (nSPS) is 12.5. The van der Waals surface area contributed by atoms with E-state index in [-0.39, 0.29) is 35.6 Å². The van der Waals surface area contributed by atoms with E-state index >= 15 is 0 Å². The molecule has 0 nitrogen and oxygen atoms in total. The number of fused-ring (bicyclic) bond motifs is 3. The summed E-state index contributed by atoms with van der Waals surface area (Å²) in [6, 6.07) is 47.8. The van der Waals surface area contributed by atoms with Crippen molar-refractivity contribution in [2.45, 2.75) is 71.4 Å². The minimum atomic E-state index is -4.29. The molecule has 6 aromatic carbocycles. The van der Waals surface area contributed by atoms with Crippen molar-refractivity contribution in [3.05, 3.63) is 203 Å². The third kappa shape index (κ3) is 11.3. The SMILES string of the molecule is CC(C)(C)c1cc2c([c-]c1-c1ccccc1)Cc1cc(-c3ccccc3)c(C(C)(C)C)cc1-2.FC(F)(F)c1cccc([C](=[Zr+2])c2ccccc2)c1.[C-]1=CC=CC1.[Cl-].[Cl-]. The van der Waals surface area contributed by atoms with Crippen LogP contribution < -0.4 is 24.8 Å². The summed E-state index contributed by atoms with van der Waals surface area (Å²) in [4.78, 5) is 0. The molecule has 0 heterocycles. The standard InChI is InChI=1S/C33H33.C14H9F3.C5H5.2ClH.Zr/c1-32(2,3)30-20-26-24(18-28(30)22-13-9-7-10-14-22)17-25-19-29(23-15-11-8-12-16-23)31(21-27(25)26)33(4,5)6;15-14(16,17)13-8-4-7-12(10-13)9-11-5-2-1-3-6-11;1-2-4-5-3-1;;;/h7-16,18,20-21H,17H2,1-6H3;1-8,10H;1-3H,4H2;2*1H;/q-1;;-1;;;+2/p-2. The molecule has 0 atom stereocenters. The van der Waals surface area contributed by atoms with E-state index < -0.39 is 11.7 Å². The maximum atomic E-state index is 12.6. The third-order valence-electron chi connectivity index (χ3n) is 9.95. The topological polar surface area (TPSA) is 0 Å². The van der Waals surface area contributed by atoms with Gasteiger partial charge in [-0.1, -0.05) is 131 Å². The molecule has 0 aliphatic heterocycles. The van der Waals surface area contributed by atoms with Crippen LogP contribution in [0.5, 0.6) is 0 Å². The van der Waals surface area contributed by atoms with Crippen LogP contribution in [0.1, 0.15) is 86.9 Å². The second-order valence-electron chi connectivity index (χ2n) is 16.2. The number of benzene rings is 6. The van der Waals surface area contributed by atoms with Gasteiger partial charge in [0.2, 0.25) is 0 Å². The van der Waals surface area contributed by atoms with Crippen LogP contribution in [-0.4, -0.2) is 3.21 Å². The van der Waals surface area contributed by atoms with Gasteiger partial charge in [-0.3, -0.25) is 6.08 Å². The second-order valence-corrected chi connectivity index (χ2v) is 17.5. The van der Waals surface area contributed by atoms with Crippen molar-refractivity contribution in [1.29, 1.82) is 0 Å². The number of rotatable bonds is 4. The van der Waals surface area contributed by atoms with Crippen molar-refractivity contribution in [3.8, 4) is 33.4 Å².